The molecule has 1 fully saturated rings. The Bertz CT molecular complexity index is 1370. The van der Waals surface area contributed by atoms with Gasteiger partial charge in [0.15, 0.2) is 0 Å². The lowest BCUT2D eigenvalue weighted by Gasteiger charge is -2.37. The second-order valence-corrected chi connectivity index (χ2v) is 12.4. The first-order chi connectivity index (χ1) is 20.0. The van der Waals surface area contributed by atoms with Crippen LogP contribution in [0.5, 0.6) is 17.2 Å². The molecule has 0 aliphatic carbocycles. The summed E-state index contributed by atoms with van der Waals surface area (Å²) in [5.74, 6) is 1.72. The van der Waals surface area contributed by atoms with Crippen molar-refractivity contribution in [3.8, 4) is 17.2 Å². The molecule has 2 aromatic rings. The highest BCUT2D eigenvalue weighted by atomic mass is 32.2. The maximum Gasteiger partial charge on any atom is 0.311 e. The number of fused-ring (bicyclic) bond motifs is 1. The molecule has 2 aliphatic rings. The zero-order valence-corrected chi connectivity index (χ0v) is 26.2. The lowest BCUT2D eigenvalue weighted by molar-refractivity contribution is -0.134. The molecule has 1 unspecified atom stereocenters. The second kappa shape index (κ2) is 13.8. The van der Waals surface area contributed by atoms with Gasteiger partial charge >= 0.3 is 5.97 Å². The largest absolute Gasteiger partial charge is 0.489 e. The molecule has 8 nitrogen and oxygen atoms in total. The Hall–Kier alpha value is -3.30. The molecule has 226 valence electrons. The van der Waals surface area contributed by atoms with E-state index in [1.54, 1.807) is 6.08 Å². The summed E-state index contributed by atoms with van der Waals surface area (Å²) < 4.78 is 18.6. The first-order valence-electron chi connectivity index (χ1n) is 14.7. The minimum absolute atomic E-state index is 0.189. The zero-order chi connectivity index (χ0) is 30.4. The Labute approximate surface area is 252 Å². The third-order valence-corrected chi connectivity index (χ3v) is 9.03. The SMILES string of the molecule is Cc1c(C)c2c(c(C)c1OC(=O)CCCCCCCN)CCC(C)(COc1ccc(C=C3SC(=O)N(C)C3=O)cc1)O2. The highest BCUT2D eigenvalue weighted by molar-refractivity contribution is 8.18. The van der Waals surface area contributed by atoms with Crippen molar-refractivity contribution in [3.05, 3.63) is 57.0 Å². The molecule has 4 rings (SSSR count). The molecule has 0 aromatic heterocycles. The van der Waals surface area contributed by atoms with E-state index in [0.717, 1.165) is 102 Å². The predicted octanol–water partition coefficient (Wildman–Crippen LogP) is 6.65. The quantitative estimate of drug-likeness (QED) is 0.126. The third kappa shape index (κ3) is 7.36. The number of nitrogens with two attached hydrogens (primary N) is 1. The number of carbonyl (C=O) groups excluding carboxylic acids is 3. The van der Waals surface area contributed by atoms with E-state index in [1.165, 1.54) is 7.05 Å². The van der Waals surface area contributed by atoms with Crippen molar-refractivity contribution < 1.29 is 28.6 Å². The molecule has 2 amide bonds. The minimum atomic E-state index is -0.531. The van der Waals surface area contributed by atoms with Gasteiger partial charge in [0.2, 0.25) is 0 Å². The molecular weight excluding hydrogens is 552 g/mol. The van der Waals surface area contributed by atoms with Crippen molar-refractivity contribution in [3.63, 3.8) is 0 Å². The van der Waals surface area contributed by atoms with Crippen LogP contribution in [0.2, 0.25) is 0 Å². The van der Waals surface area contributed by atoms with Crippen LogP contribution in [0.4, 0.5) is 4.79 Å². The topological polar surface area (TPSA) is 108 Å². The van der Waals surface area contributed by atoms with Crippen molar-refractivity contribution in [2.75, 3.05) is 20.2 Å². The molecule has 42 heavy (non-hydrogen) atoms. The number of ether oxygens (including phenoxy) is 3. The molecule has 1 saturated heterocycles. The standard InChI is InChI=1S/C33H42N2O6S/c1-21-22(2)30-26(23(3)29(21)40-28(36)11-9-7-6-8-10-18-34)16-17-33(4,41-30)20-39-25-14-12-24(13-15-25)19-27-31(37)35(5)32(38)42-27/h12-15,19H,6-11,16-18,20,34H2,1-5H3. The molecule has 2 heterocycles. The van der Waals surface area contributed by atoms with E-state index < -0.39 is 5.60 Å². The van der Waals surface area contributed by atoms with Gasteiger partial charge < -0.3 is 19.9 Å². The lowest BCUT2D eigenvalue weighted by atomic mass is 9.87. The maximum atomic E-state index is 12.6. The molecule has 0 saturated carbocycles. The summed E-state index contributed by atoms with van der Waals surface area (Å²) in [6.45, 7) is 9.13. The third-order valence-electron chi connectivity index (χ3n) is 8.07. The summed E-state index contributed by atoms with van der Waals surface area (Å²) >= 11 is 0.939. The van der Waals surface area contributed by atoms with Gasteiger partial charge in [-0.15, -0.1) is 0 Å². The summed E-state index contributed by atoms with van der Waals surface area (Å²) in [4.78, 5) is 38.0. The number of nitrogens with zero attached hydrogens (tertiary/aromatic N) is 1. The predicted molar refractivity (Wildman–Crippen MR) is 166 cm³/mol. The highest BCUT2D eigenvalue weighted by Crippen LogP contribution is 2.44. The number of rotatable bonds is 12. The Balaban J connectivity index is 1.36. The Morgan fingerprint density at radius 1 is 1.05 bits per heavy atom. The number of esters is 1. The summed E-state index contributed by atoms with van der Waals surface area (Å²) in [7, 11) is 1.48. The number of amides is 2. The number of hydrogen-bond donors (Lipinski definition) is 1. The molecule has 1 atom stereocenters. The van der Waals surface area contributed by atoms with Crippen LogP contribution in [-0.2, 0) is 16.0 Å². The van der Waals surface area contributed by atoms with Crippen molar-refractivity contribution in [2.24, 2.45) is 5.73 Å². The molecule has 2 aliphatic heterocycles. The first-order valence-corrected chi connectivity index (χ1v) is 15.5. The molecule has 9 heteroatoms. The normalized spacial score (nSPS) is 19.2. The molecule has 2 aromatic carbocycles. The molecule has 0 spiro atoms. The highest BCUT2D eigenvalue weighted by Gasteiger charge is 2.36. The van der Waals surface area contributed by atoms with Crippen molar-refractivity contribution in [2.45, 2.75) is 84.7 Å². The van der Waals surface area contributed by atoms with E-state index in [0.29, 0.717) is 29.4 Å². The van der Waals surface area contributed by atoms with Crippen LogP contribution in [0.3, 0.4) is 0 Å². The van der Waals surface area contributed by atoms with E-state index in [4.69, 9.17) is 19.9 Å². The molecule has 0 bridgehead atoms. The minimum Gasteiger partial charge on any atom is -0.489 e. The molecule has 2 N–H and O–H groups in total. The lowest BCUT2D eigenvalue weighted by Crippen LogP contribution is -2.42. The monoisotopic (exact) mass is 594 g/mol. The number of carbonyl (C=O) groups is 3. The maximum absolute atomic E-state index is 12.6. The van der Waals surface area contributed by atoms with Gasteiger partial charge in [-0.2, -0.15) is 0 Å². The van der Waals surface area contributed by atoms with Crippen molar-refractivity contribution in [1.29, 1.82) is 0 Å². The van der Waals surface area contributed by atoms with Crippen LogP contribution < -0.4 is 19.9 Å². The summed E-state index contributed by atoms with van der Waals surface area (Å²) in [6.07, 6.45) is 8.73. The fraction of sp³-hybridized carbons (Fsp3) is 0.485. The van der Waals surface area contributed by atoms with Crippen LogP contribution in [0.15, 0.2) is 29.2 Å². The van der Waals surface area contributed by atoms with Gasteiger partial charge in [0.05, 0.1) is 4.91 Å². The number of hydrogen-bond acceptors (Lipinski definition) is 8. The van der Waals surface area contributed by atoms with E-state index in [2.05, 4.69) is 6.92 Å². The number of thioether (sulfide) groups is 1. The number of benzene rings is 2. The van der Waals surface area contributed by atoms with Crippen molar-refractivity contribution >= 4 is 35.0 Å². The fourth-order valence-electron chi connectivity index (χ4n) is 5.24. The van der Waals surface area contributed by atoms with Gasteiger partial charge in [-0.05, 0) is 112 Å². The van der Waals surface area contributed by atoms with Crippen LogP contribution in [0, 0.1) is 20.8 Å². The number of likely N-dealkylation sites (N-methyl/N-ethyl adjacent to an activating group) is 1. The van der Waals surface area contributed by atoms with E-state index >= 15 is 0 Å². The Morgan fingerprint density at radius 3 is 2.40 bits per heavy atom. The number of unbranched alkanes of at least 4 members (excludes halogenated alkanes) is 4. The average molecular weight is 595 g/mol. The molecular formula is C33H42N2O6S. The van der Waals surface area contributed by atoms with E-state index in [9.17, 15) is 14.4 Å². The average Bonchev–Trinajstić information content (AvgIpc) is 3.21. The van der Waals surface area contributed by atoms with Gasteiger partial charge in [0.1, 0.15) is 29.5 Å². The van der Waals surface area contributed by atoms with E-state index in [1.807, 2.05) is 45.0 Å². The van der Waals surface area contributed by atoms with Gasteiger partial charge in [-0.3, -0.25) is 19.3 Å². The Kier molecular flexibility index (Phi) is 10.4. The van der Waals surface area contributed by atoms with Crippen LogP contribution in [0.1, 0.15) is 79.7 Å². The first kappa shape index (κ1) is 31.6. The smallest absolute Gasteiger partial charge is 0.311 e. The van der Waals surface area contributed by atoms with Gasteiger partial charge in [0.25, 0.3) is 11.1 Å². The number of imide groups is 1. The van der Waals surface area contributed by atoms with Crippen molar-refractivity contribution in [1.82, 2.24) is 4.90 Å². The second-order valence-electron chi connectivity index (χ2n) is 11.4. The van der Waals surface area contributed by atoms with Gasteiger partial charge in [0, 0.05) is 19.0 Å². The van der Waals surface area contributed by atoms with Crippen LogP contribution >= 0.6 is 11.8 Å². The van der Waals surface area contributed by atoms with Gasteiger partial charge in [-0.1, -0.05) is 31.4 Å². The van der Waals surface area contributed by atoms with Crippen LogP contribution in [-0.4, -0.2) is 47.8 Å². The summed E-state index contributed by atoms with van der Waals surface area (Å²) in [5, 5.41) is -0.272. The fourth-order valence-corrected chi connectivity index (χ4v) is 6.07. The van der Waals surface area contributed by atoms with Crippen LogP contribution in [0.25, 0.3) is 6.08 Å². The zero-order valence-electron chi connectivity index (χ0n) is 25.3. The van der Waals surface area contributed by atoms with E-state index in [-0.39, 0.29) is 17.1 Å². The molecule has 0 radical (unpaired) electrons. The Morgan fingerprint density at radius 2 is 1.74 bits per heavy atom. The summed E-state index contributed by atoms with van der Waals surface area (Å²) in [5.41, 5.74) is 9.78. The summed E-state index contributed by atoms with van der Waals surface area (Å²) in [6, 6.07) is 7.42. The van der Waals surface area contributed by atoms with Gasteiger partial charge in [-0.25, -0.2) is 0 Å².